The summed E-state index contributed by atoms with van der Waals surface area (Å²) in [7, 11) is 1.36. The van der Waals surface area contributed by atoms with Crippen LogP contribution in [0.25, 0.3) is 11.1 Å². The van der Waals surface area contributed by atoms with E-state index in [1.165, 1.54) is 14.0 Å². The number of carbonyl (C=O) groups is 3. The van der Waals surface area contributed by atoms with Crippen LogP contribution in [0.4, 0.5) is 4.79 Å². The Morgan fingerprint density at radius 3 is 2.00 bits per heavy atom. The highest BCUT2D eigenvalue weighted by molar-refractivity contribution is 5.87. The summed E-state index contributed by atoms with van der Waals surface area (Å²) in [5, 5.41) is 14.6. The smallest absolute Gasteiger partial charge is 0.407 e. The van der Waals surface area contributed by atoms with Gasteiger partial charge in [-0.25, -0.2) is 9.59 Å². The molecule has 0 spiro atoms. The average molecular weight is 455 g/mol. The van der Waals surface area contributed by atoms with Crippen molar-refractivity contribution in [3.8, 4) is 11.1 Å². The largest absolute Gasteiger partial charge is 0.479 e. The molecule has 0 aliphatic heterocycles. The molecule has 176 valence electrons. The van der Waals surface area contributed by atoms with Crippen LogP contribution in [-0.2, 0) is 19.1 Å². The Morgan fingerprint density at radius 2 is 1.48 bits per heavy atom. The molecular formula is C25H30N2O6. The summed E-state index contributed by atoms with van der Waals surface area (Å²) < 4.78 is 10.4. The molecule has 2 amide bonds. The Labute approximate surface area is 193 Å². The van der Waals surface area contributed by atoms with Crippen LogP contribution in [0, 0.1) is 0 Å². The summed E-state index contributed by atoms with van der Waals surface area (Å²) in [6.45, 7) is 4.68. The van der Waals surface area contributed by atoms with Crippen molar-refractivity contribution in [2.75, 3.05) is 20.3 Å². The van der Waals surface area contributed by atoms with Crippen molar-refractivity contribution in [3.63, 3.8) is 0 Å². The van der Waals surface area contributed by atoms with E-state index in [1.807, 2.05) is 36.4 Å². The minimum absolute atomic E-state index is 0.0696. The molecule has 2 aromatic carbocycles. The van der Waals surface area contributed by atoms with E-state index in [4.69, 9.17) is 9.47 Å². The number of ether oxygens (including phenoxy) is 2. The van der Waals surface area contributed by atoms with Gasteiger partial charge in [0.15, 0.2) is 5.54 Å². The fraction of sp³-hybridized carbons (Fsp3) is 0.400. The van der Waals surface area contributed by atoms with E-state index in [9.17, 15) is 19.5 Å². The quantitative estimate of drug-likeness (QED) is 0.536. The SMILES string of the molecule is COCC(C)(NC(=O)CC(C)(C)NC(=O)OCC1c2ccccc2-c2ccccc21)C(=O)O. The number of fused-ring (bicyclic) bond motifs is 3. The molecule has 2 aromatic rings. The first kappa shape index (κ1) is 24.3. The Hall–Kier alpha value is -3.39. The molecule has 0 aromatic heterocycles. The summed E-state index contributed by atoms with van der Waals surface area (Å²) in [4.78, 5) is 36.5. The zero-order chi connectivity index (χ0) is 24.2. The van der Waals surface area contributed by atoms with Crippen molar-refractivity contribution in [1.82, 2.24) is 10.6 Å². The first-order chi connectivity index (χ1) is 15.6. The van der Waals surface area contributed by atoms with Crippen LogP contribution in [-0.4, -0.2) is 54.5 Å². The lowest BCUT2D eigenvalue weighted by Gasteiger charge is -2.29. The first-order valence-electron chi connectivity index (χ1n) is 10.7. The normalized spacial score (nSPS) is 14.5. The predicted octanol–water partition coefficient (Wildman–Crippen LogP) is 3.30. The van der Waals surface area contributed by atoms with Crippen LogP contribution in [0.5, 0.6) is 0 Å². The molecule has 0 fully saturated rings. The number of alkyl carbamates (subject to hydrolysis) is 1. The van der Waals surface area contributed by atoms with Gasteiger partial charge in [0.25, 0.3) is 0 Å². The van der Waals surface area contributed by atoms with Gasteiger partial charge in [0.05, 0.1) is 6.61 Å². The van der Waals surface area contributed by atoms with E-state index in [0.29, 0.717) is 0 Å². The molecule has 0 heterocycles. The second-order valence-corrected chi connectivity index (χ2v) is 9.13. The third kappa shape index (κ3) is 5.51. The van der Waals surface area contributed by atoms with Gasteiger partial charge in [0.2, 0.25) is 5.91 Å². The Bertz CT molecular complexity index is 1010. The second-order valence-electron chi connectivity index (χ2n) is 9.13. The summed E-state index contributed by atoms with van der Waals surface area (Å²) >= 11 is 0. The van der Waals surface area contributed by atoms with Gasteiger partial charge in [-0.05, 0) is 43.0 Å². The van der Waals surface area contributed by atoms with Gasteiger partial charge in [-0.3, -0.25) is 4.79 Å². The molecule has 0 radical (unpaired) electrons. The lowest BCUT2D eigenvalue weighted by atomic mass is 9.97. The molecule has 1 aliphatic rings. The summed E-state index contributed by atoms with van der Waals surface area (Å²) in [5.41, 5.74) is 1.96. The molecule has 0 saturated heterocycles. The van der Waals surface area contributed by atoms with Gasteiger partial charge in [-0.1, -0.05) is 48.5 Å². The van der Waals surface area contributed by atoms with Crippen molar-refractivity contribution in [1.29, 1.82) is 0 Å². The van der Waals surface area contributed by atoms with Crippen LogP contribution in [0.15, 0.2) is 48.5 Å². The number of methoxy groups -OCH3 is 1. The maximum atomic E-state index is 12.5. The number of hydrogen-bond acceptors (Lipinski definition) is 5. The van der Waals surface area contributed by atoms with Gasteiger partial charge in [0, 0.05) is 25.0 Å². The Kier molecular flexibility index (Phi) is 7.07. The van der Waals surface area contributed by atoms with E-state index >= 15 is 0 Å². The maximum Gasteiger partial charge on any atom is 0.407 e. The number of hydrogen-bond donors (Lipinski definition) is 3. The van der Waals surface area contributed by atoms with Crippen LogP contribution in [0.3, 0.4) is 0 Å². The van der Waals surface area contributed by atoms with Crippen molar-refractivity contribution in [2.45, 2.75) is 44.2 Å². The van der Waals surface area contributed by atoms with Gasteiger partial charge < -0.3 is 25.2 Å². The standard InChI is InChI=1S/C25H30N2O6/c1-24(2,13-21(28)26-25(3,15-32-4)22(29)30)27-23(31)33-14-20-18-11-7-5-9-16(18)17-10-6-8-12-19(17)20/h5-12,20H,13-15H2,1-4H3,(H,26,28)(H,27,31)(H,29,30). The maximum absolute atomic E-state index is 12.5. The van der Waals surface area contributed by atoms with E-state index in [2.05, 4.69) is 22.8 Å². The molecule has 1 atom stereocenters. The van der Waals surface area contributed by atoms with E-state index in [-0.39, 0.29) is 25.6 Å². The lowest BCUT2D eigenvalue weighted by Crippen LogP contribution is -2.57. The van der Waals surface area contributed by atoms with Crippen LogP contribution in [0.2, 0.25) is 0 Å². The van der Waals surface area contributed by atoms with E-state index < -0.39 is 29.0 Å². The van der Waals surface area contributed by atoms with Crippen LogP contribution in [0.1, 0.15) is 44.2 Å². The molecule has 3 rings (SSSR count). The highest BCUT2D eigenvalue weighted by atomic mass is 16.5. The van der Waals surface area contributed by atoms with Crippen LogP contribution < -0.4 is 10.6 Å². The number of carboxylic acids is 1. The Morgan fingerprint density at radius 1 is 0.939 bits per heavy atom. The zero-order valence-electron chi connectivity index (χ0n) is 19.3. The minimum Gasteiger partial charge on any atom is -0.479 e. The predicted molar refractivity (Wildman–Crippen MR) is 123 cm³/mol. The third-order valence-electron chi connectivity index (χ3n) is 5.71. The van der Waals surface area contributed by atoms with Gasteiger partial charge in [0.1, 0.15) is 6.61 Å². The van der Waals surface area contributed by atoms with Crippen LogP contribution >= 0.6 is 0 Å². The van der Waals surface area contributed by atoms with E-state index in [0.717, 1.165) is 22.3 Å². The number of aliphatic carboxylic acids is 1. The second kappa shape index (κ2) is 9.62. The fourth-order valence-electron chi connectivity index (χ4n) is 4.15. The molecule has 8 heteroatoms. The molecule has 8 nitrogen and oxygen atoms in total. The molecule has 33 heavy (non-hydrogen) atoms. The van der Waals surface area contributed by atoms with Crippen molar-refractivity contribution >= 4 is 18.0 Å². The summed E-state index contributed by atoms with van der Waals surface area (Å²) in [5.74, 6) is -1.80. The fourth-order valence-corrected chi connectivity index (χ4v) is 4.15. The van der Waals surface area contributed by atoms with Gasteiger partial charge >= 0.3 is 12.1 Å². The third-order valence-corrected chi connectivity index (χ3v) is 5.71. The highest BCUT2D eigenvalue weighted by Gasteiger charge is 2.37. The van der Waals surface area contributed by atoms with Gasteiger partial charge in [-0.15, -0.1) is 0 Å². The van der Waals surface area contributed by atoms with Crippen molar-refractivity contribution < 1.29 is 29.0 Å². The monoisotopic (exact) mass is 454 g/mol. The summed E-state index contributed by atoms with van der Waals surface area (Å²) in [6, 6.07) is 16.1. The molecule has 1 aliphatic carbocycles. The number of rotatable bonds is 9. The molecule has 0 saturated carbocycles. The average Bonchev–Trinajstić information content (AvgIpc) is 3.05. The molecule has 3 N–H and O–H groups in total. The molecule has 0 bridgehead atoms. The minimum atomic E-state index is -1.56. The van der Waals surface area contributed by atoms with E-state index in [1.54, 1.807) is 13.8 Å². The Balaban J connectivity index is 1.59. The number of benzene rings is 2. The number of amides is 2. The molecule has 1 unspecified atom stereocenters. The number of carbonyl (C=O) groups excluding carboxylic acids is 2. The first-order valence-corrected chi connectivity index (χ1v) is 10.7. The van der Waals surface area contributed by atoms with Crippen molar-refractivity contribution in [2.24, 2.45) is 0 Å². The topological polar surface area (TPSA) is 114 Å². The molecular weight excluding hydrogens is 424 g/mol. The number of nitrogens with one attached hydrogen (secondary N) is 2. The van der Waals surface area contributed by atoms with Crippen molar-refractivity contribution in [3.05, 3.63) is 59.7 Å². The lowest BCUT2D eigenvalue weighted by molar-refractivity contribution is -0.149. The van der Waals surface area contributed by atoms with Gasteiger partial charge in [-0.2, -0.15) is 0 Å². The number of carboxylic acid groups (broad SMARTS) is 1. The summed E-state index contributed by atoms with van der Waals surface area (Å²) in [6.07, 6.45) is -0.781. The zero-order valence-corrected chi connectivity index (χ0v) is 19.3. The highest BCUT2D eigenvalue weighted by Crippen LogP contribution is 2.44.